The van der Waals surface area contributed by atoms with Crippen LogP contribution in [0.1, 0.15) is 49.5 Å². The molecule has 0 unspecified atom stereocenters. The minimum atomic E-state index is -0.750. The smallest absolute Gasteiger partial charge is 0.191 e. The zero-order chi connectivity index (χ0) is 18.5. The predicted molar refractivity (Wildman–Crippen MR) is 97.2 cm³/mol. The molecule has 1 N–H and O–H groups in total. The zero-order valence-electron chi connectivity index (χ0n) is 14.6. The molecule has 1 aliphatic rings. The van der Waals surface area contributed by atoms with Crippen molar-refractivity contribution in [3.8, 4) is 6.07 Å². The van der Waals surface area contributed by atoms with Crippen LogP contribution in [0, 0.1) is 23.0 Å². The minimum Gasteiger partial charge on any atom is -0.380 e. The summed E-state index contributed by atoms with van der Waals surface area (Å²) in [7, 11) is 0. The van der Waals surface area contributed by atoms with E-state index in [0.717, 1.165) is 36.0 Å². The first-order valence-electron chi connectivity index (χ1n) is 8.74. The van der Waals surface area contributed by atoms with Crippen molar-refractivity contribution in [2.75, 3.05) is 18.1 Å². The van der Waals surface area contributed by atoms with Crippen molar-refractivity contribution in [3.05, 3.63) is 35.2 Å². The third-order valence-corrected chi connectivity index (χ3v) is 5.30. The second kappa shape index (κ2) is 8.49. The summed E-state index contributed by atoms with van der Waals surface area (Å²) in [6.07, 6.45) is 8.13. The largest absolute Gasteiger partial charge is 0.380 e. The Morgan fingerprint density at radius 1 is 1.27 bits per heavy atom. The van der Waals surface area contributed by atoms with Gasteiger partial charge in [0.15, 0.2) is 16.8 Å². The van der Waals surface area contributed by atoms with Crippen LogP contribution < -0.4 is 5.32 Å². The number of anilines is 1. The fourth-order valence-electron chi connectivity index (χ4n) is 3.41. The second-order valence-electron chi connectivity index (χ2n) is 6.37. The monoisotopic (exact) mass is 377 g/mol. The molecule has 0 amide bonds. The summed E-state index contributed by atoms with van der Waals surface area (Å²) in [5, 5.41) is 21.0. The quantitative estimate of drug-likeness (QED) is 0.575. The number of hydrogen-bond acceptors (Lipinski definition) is 5. The molecule has 0 spiro atoms. The molecular weight excluding hydrogens is 356 g/mol. The van der Waals surface area contributed by atoms with Crippen LogP contribution in [0.5, 0.6) is 0 Å². The fraction of sp³-hybridized carbons (Fsp3) is 0.500. The van der Waals surface area contributed by atoms with Crippen LogP contribution in [-0.2, 0) is 6.42 Å². The number of halogens is 2. The van der Waals surface area contributed by atoms with Gasteiger partial charge in [-0.1, -0.05) is 24.6 Å². The molecule has 2 aromatic rings. The molecule has 1 saturated carbocycles. The molecule has 1 aliphatic carbocycles. The van der Waals surface area contributed by atoms with Crippen LogP contribution in [0.25, 0.3) is 0 Å². The van der Waals surface area contributed by atoms with Crippen molar-refractivity contribution >= 4 is 17.4 Å². The number of rotatable bonds is 7. The molecule has 138 valence electrons. The first-order chi connectivity index (χ1) is 12.6. The Balaban J connectivity index is 1.61. The number of thioether (sulfide) groups is 1. The Bertz CT molecular complexity index is 785. The number of aromatic nitrogens is 3. The highest BCUT2D eigenvalue weighted by Gasteiger charge is 2.23. The van der Waals surface area contributed by atoms with Gasteiger partial charge in [0.1, 0.15) is 11.5 Å². The average Bonchev–Trinajstić information content (AvgIpc) is 3.29. The van der Waals surface area contributed by atoms with E-state index in [9.17, 15) is 8.78 Å². The Hall–Kier alpha value is -2.14. The molecule has 1 aromatic heterocycles. The number of hydrogen-bond donors (Lipinski definition) is 1. The first-order valence-corrected chi connectivity index (χ1v) is 9.97. The van der Waals surface area contributed by atoms with Gasteiger partial charge in [0.25, 0.3) is 0 Å². The van der Waals surface area contributed by atoms with E-state index < -0.39 is 11.6 Å². The van der Waals surface area contributed by atoms with Gasteiger partial charge in [-0.15, -0.1) is 10.2 Å². The molecule has 3 rings (SSSR count). The summed E-state index contributed by atoms with van der Waals surface area (Å²) in [5.41, 5.74) is -0.217. The van der Waals surface area contributed by atoms with E-state index in [0.29, 0.717) is 25.4 Å². The van der Waals surface area contributed by atoms with Gasteiger partial charge < -0.3 is 9.88 Å². The van der Waals surface area contributed by atoms with Gasteiger partial charge in [0.2, 0.25) is 0 Å². The van der Waals surface area contributed by atoms with Crippen molar-refractivity contribution in [1.29, 1.82) is 5.26 Å². The van der Waals surface area contributed by atoms with Crippen LogP contribution in [0.15, 0.2) is 17.3 Å². The van der Waals surface area contributed by atoms with Gasteiger partial charge in [-0.25, -0.2) is 8.78 Å². The Kier molecular flexibility index (Phi) is 6.09. The normalized spacial score (nSPS) is 14.5. The lowest BCUT2D eigenvalue weighted by molar-refractivity contribution is 0.461. The van der Waals surface area contributed by atoms with Gasteiger partial charge in [-0.3, -0.25) is 0 Å². The number of nitriles is 1. The van der Waals surface area contributed by atoms with E-state index in [1.54, 1.807) is 17.8 Å². The summed E-state index contributed by atoms with van der Waals surface area (Å²) in [5.74, 6) is -0.565. The number of nitrogens with zero attached hydrogens (tertiary/aromatic N) is 4. The highest BCUT2D eigenvalue weighted by Crippen LogP contribution is 2.33. The summed E-state index contributed by atoms with van der Waals surface area (Å²) in [4.78, 5) is 0. The van der Waals surface area contributed by atoms with E-state index in [2.05, 4.69) is 20.1 Å². The molecule has 1 heterocycles. The third kappa shape index (κ3) is 3.98. The average molecular weight is 377 g/mol. The maximum atomic E-state index is 13.9. The van der Waals surface area contributed by atoms with Gasteiger partial charge in [-0.2, -0.15) is 5.26 Å². The van der Waals surface area contributed by atoms with E-state index >= 15 is 0 Å². The second-order valence-corrected chi connectivity index (χ2v) is 7.14. The van der Waals surface area contributed by atoms with Crippen molar-refractivity contribution in [1.82, 2.24) is 14.8 Å². The number of aryl methyl sites for hydroxylation is 1. The molecule has 0 saturated heterocycles. The maximum Gasteiger partial charge on any atom is 0.191 e. The number of benzene rings is 1. The lowest BCUT2D eigenvalue weighted by atomic mass is 10.2. The molecule has 5 nitrogen and oxygen atoms in total. The molecular formula is C18H21F2N5S. The van der Waals surface area contributed by atoms with Crippen molar-refractivity contribution in [3.63, 3.8) is 0 Å². The predicted octanol–water partition coefficient (Wildman–Crippen LogP) is 4.31. The lowest BCUT2D eigenvalue weighted by Crippen LogP contribution is -2.13. The summed E-state index contributed by atoms with van der Waals surface area (Å²) < 4.78 is 30.0. The van der Waals surface area contributed by atoms with E-state index in [-0.39, 0.29) is 11.3 Å². The van der Waals surface area contributed by atoms with Crippen molar-refractivity contribution < 1.29 is 8.78 Å². The SMILES string of the molecule is CSc1nnc(CCCNc2c(F)cc(C#N)cc2F)n1C1CCCC1. The highest BCUT2D eigenvalue weighted by atomic mass is 32.2. The molecule has 26 heavy (non-hydrogen) atoms. The maximum absolute atomic E-state index is 13.9. The molecule has 8 heteroatoms. The van der Waals surface area contributed by atoms with Crippen LogP contribution in [-0.4, -0.2) is 27.6 Å². The topological polar surface area (TPSA) is 66.5 Å². The van der Waals surface area contributed by atoms with Crippen molar-refractivity contribution in [2.45, 2.75) is 49.7 Å². The van der Waals surface area contributed by atoms with Gasteiger partial charge in [0.05, 0.1) is 11.6 Å². The molecule has 0 bridgehead atoms. The van der Waals surface area contributed by atoms with Gasteiger partial charge in [0, 0.05) is 19.0 Å². The highest BCUT2D eigenvalue weighted by molar-refractivity contribution is 7.98. The van der Waals surface area contributed by atoms with Crippen LogP contribution >= 0.6 is 11.8 Å². The summed E-state index contributed by atoms with van der Waals surface area (Å²) in [6.45, 7) is 0.409. The van der Waals surface area contributed by atoms with Crippen molar-refractivity contribution in [2.24, 2.45) is 0 Å². The molecule has 0 atom stereocenters. The number of nitrogens with one attached hydrogen (secondary N) is 1. The Morgan fingerprint density at radius 3 is 2.58 bits per heavy atom. The van der Waals surface area contributed by atoms with Gasteiger partial charge >= 0.3 is 0 Å². The lowest BCUT2D eigenvalue weighted by Gasteiger charge is -2.16. The Morgan fingerprint density at radius 2 is 1.96 bits per heavy atom. The minimum absolute atomic E-state index is 0.0280. The van der Waals surface area contributed by atoms with E-state index in [4.69, 9.17) is 5.26 Å². The van der Waals surface area contributed by atoms with Crippen LogP contribution in [0.3, 0.4) is 0 Å². The Labute approximate surface area is 155 Å². The van der Waals surface area contributed by atoms with E-state index in [1.165, 1.54) is 12.8 Å². The zero-order valence-corrected chi connectivity index (χ0v) is 15.5. The molecule has 1 fully saturated rings. The van der Waals surface area contributed by atoms with Crippen LogP contribution in [0.4, 0.5) is 14.5 Å². The summed E-state index contributed by atoms with van der Waals surface area (Å²) >= 11 is 1.59. The molecule has 0 radical (unpaired) electrons. The van der Waals surface area contributed by atoms with Gasteiger partial charge in [-0.05, 0) is 37.7 Å². The molecule has 0 aliphatic heterocycles. The summed E-state index contributed by atoms with van der Waals surface area (Å²) in [6, 6.07) is 4.27. The first kappa shape index (κ1) is 18.6. The molecule has 1 aromatic carbocycles. The fourth-order valence-corrected chi connectivity index (χ4v) is 3.99. The van der Waals surface area contributed by atoms with E-state index in [1.807, 2.05) is 6.26 Å². The third-order valence-electron chi connectivity index (χ3n) is 4.66. The standard InChI is InChI=1S/C18H21F2N5S/c1-26-18-24-23-16(25(18)13-5-2-3-6-13)7-4-8-22-17-14(19)9-12(11-21)10-15(17)20/h9-10,13,22H,2-8H2,1H3. The van der Waals surface area contributed by atoms with Crippen LogP contribution in [0.2, 0.25) is 0 Å².